The Morgan fingerprint density at radius 1 is 1.17 bits per heavy atom. The molecule has 1 aromatic rings. The van der Waals surface area contributed by atoms with Crippen LogP contribution in [-0.2, 0) is 10.3 Å². The Morgan fingerprint density at radius 3 is 2.39 bits per heavy atom. The van der Waals surface area contributed by atoms with Gasteiger partial charge in [-0.25, -0.2) is 0 Å². The molecule has 0 atom stereocenters. The van der Waals surface area contributed by atoms with Crippen LogP contribution < -0.4 is 4.74 Å². The Kier molecular flexibility index (Phi) is 3.04. The molecule has 0 unspecified atom stereocenters. The average molecular weight is 248 g/mol. The van der Waals surface area contributed by atoms with E-state index in [1.165, 1.54) is 12.8 Å². The summed E-state index contributed by atoms with van der Waals surface area (Å²) in [6.07, 6.45) is 4.36. The predicted molar refractivity (Wildman–Crippen MR) is 68.6 cm³/mol. The van der Waals surface area contributed by atoms with Gasteiger partial charge >= 0.3 is 0 Å². The third-order valence-electron chi connectivity index (χ3n) is 3.75. The number of ether oxygens (including phenoxy) is 2. The summed E-state index contributed by atoms with van der Waals surface area (Å²) in [5.41, 5.74) is 0.277. The fourth-order valence-corrected chi connectivity index (χ4v) is 2.50. The maximum Gasteiger partial charge on any atom is 0.119 e. The summed E-state index contributed by atoms with van der Waals surface area (Å²) in [4.78, 5) is 0. The standard InChI is InChI=1S/C15H20O3/c1-2-17-14-9-15(16,10-14)11-3-5-12(6-4-11)18-13-7-8-13/h3-6,13-14,16H,2,7-10H2,1H3. The van der Waals surface area contributed by atoms with Gasteiger partial charge in [0.05, 0.1) is 17.8 Å². The van der Waals surface area contributed by atoms with Crippen LogP contribution in [-0.4, -0.2) is 23.9 Å². The van der Waals surface area contributed by atoms with Crippen molar-refractivity contribution in [3.63, 3.8) is 0 Å². The van der Waals surface area contributed by atoms with Gasteiger partial charge in [0.1, 0.15) is 5.75 Å². The molecular formula is C15H20O3. The first kappa shape index (κ1) is 12.0. The van der Waals surface area contributed by atoms with Crippen LogP contribution in [0.15, 0.2) is 24.3 Å². The first-order chi connectivity index (χ1) is 8.69. The Bertz CT molecular complexity index is 402. The molecule has 0 spiro atoms. The van der Waals surface area contributed by atoms with Crippen LogP contribution in [0.4, 0.5) is 0 Å². The lowest BCUT2D eigenvalue weighted by atomic mass is 9.73. The van der Waals surface area contributed by atoms with Gasteiger partial charge in [0.25, 0.3) is 0 Å². The van der Waals surface area contributed by atoms with E-state index < -0.39 is 5.60 Å². The molecule has 2 aliphatic carbocycles. The highest BCUT2D eigenvalue weighted by Gasteiger charge is 2.44. The summed E-state index contributed by atoms with van der Waals surface area (Å²) in [7, 11) is 0. The fraction of sp³-hybridized carbons (Fsp3) is 0.600. The normalized spacial score (nSPS) is 30.9. The lowest BCUT2D eigenvalue weighted by Gasteiger charge is -2.43. The molecule has 18 heavy (non-hydrogen) atoms. The van der Waals surface area contributed by atoms with Crippen LogP contribution in [0.5, 0.6) is 5.75 Å². The summed E-state index contributed by atoms with van der Waals surface area (Å²) in [6.45, 7) is 2.70. The van der Waals surface area contributed by atoms with E-state index in [9.17, 15) is 5.11 Å². The molecular weight excluding hydrogens is 228 g/mol. The minimum atomic E-state index is -0.696. The third kappa shape index (κ3) is 2.38. The van der Waals surface area contributed by atoms with E-state index in [1.54, 1.807) is 0 Å². The smallest absolute Gasteiger partial charge is 0.119 e. The van der Waals surface area contributed by atoms with Crippen molar-refractivity contribution >= 4 is 0 Å². The molecule has 98 valence electrons. The van der Waals surface area contributed by atoms with Gasteiger partial charge in [-0.05, 0) is 37.5 Å². The molecule has 3 heteroatoms. The summed E-state index contributed by atoms with van der Waals surface area (Å²) < 4.78 is 11.2. The van der Waals surface area contributed by atoms with Crippen molar-refractivity contribution in [2.75, 3.05) is 6.61 Å². The molecule has 0 aromatic heterocycles. The van der Waals surface area contributed by atoms with Gasteiger partial charge in [0, 0.05) is 19.4 Å². The van der Waals surface area contributed by atoms with Gasteiger partial charge in [0.15, 0.2) is 0 Å². The third-order valence-corrected chi connectivity index (χ3v) is 3.75. The van der Waals surface area contributed by atoms with Crippen LogP contribution >= 0.6 is 0 Å². The van der Waals surface area contributed by atoms with Crippen LogP contribution in [0.3, 0.4) is 0 Å². The van der Waals surface area contributed by atoms with E-state index in [1.807, 2.05) is 31.2 Å². The van der Waals surface area contributed by atoms with Crippen molar-refractivity contribution in [1.82, 2.24) is 0 Å². The van der Waals surface area contributed by atoms with Crippen molar-refractivity contribution in [3.8, 4) is 5.75 Å². The van der Waals surface area contributed by atoms with Crippen LogP contribution in [0.2, 0.25) is 0 Å². The minimum absolute atomic E-state index is 0.211. The number of rotatable bonds is 5. The highest BCUT2D eigenvalue weighted by molar-refractivity contribution is 5.33. The van der Waals surface area contributed by atoms with E-state index in [-0.39, 0.29) is 6.10 Å². The number of hydrogen-bond acceptors (Lipinski definition) is 3. The monoisotopic (exact) mass is 248 g/mol. The molecule has 0 saturated heterocycles. The van der Waals surface area contributed by atoms with Gasteiger partial charge in [-0.1, -0.05) is 12.1 Å². The van der Waals surface area contributed by atoms with Crippen molar-refractivity contribution in [3.05, 3.63) is 29.8 Å². The molecule has 3 rings (SSSR count). The van der Waals surface area contributed by atoms with E-state index in [0.29, 0.717) is 18.9 Å². The fourth-order valence-electron chi connectivity index (χ4n) is 2.50. The van der Waals surface area contributed by atoms with Gasteiger partial charge in [-0.15, -0.1) is 0 Å². The lowest BCUT2D eigenvalue weighted by Crippen LogP contribution is -2.45. The molecule has 0 aliphatic heterocycles. The zero-order chi connectivity index (χ0) is 12.6. The lowest BCUT2D eigenvalue weighted by molar-refractivity contribution is -0.142. The maximum atomic E-state index is 10.4. The van der Waals surface area contributed by atoms with Crippen LogP contribution in [0, 0.1) is 0 Å². The first-order valence-corrected chi connectivity index (χ1v) is 6.81. The molecule has 3 nitrogen and oxygen atoms in total. The quantitative estimate of drug-likeness (QED) is 0.870. The van der Waals surface area contributed by atoms with Crippen molar-refractivity contribution in [2.45, 2.75) is 50.4 Å². The highest BCUT2D eigenvalue weighted by atomic mass is 16.5. The van der Waals surface area contributed by atoms with Crippen LogP contribution in [0.25, 0.3) is 0 Å². The summed E-state index contributed by atoms with van der Waals surface area (Å²) in [6, 6.07) is 7.86. The Hall–Kier alpha value is -1.06. The second-order valence-corrected chi connectivity index (χ2v) is 5.36. The summed E-state index contributed by atoms with van der Waals surface area (Å²) in [5.74, 6) is 0.908. The molecule has 2 fully saturated rings. The Labute approximate surface area is 108 Å². The van der Waals surface area contributed by atoms with Gasteiger partial charge in [0.2, 0.25) is 0 Å². The molecule has 0 amide bonds. The van der Waals surface area contributed by atoms with Crippen molar-refractivity contribution in [2.24, 2.45) is 0 Å². The highest BCUT2D eigenvalue weighted by Crippen LogP contribution is 2.43. The van der Waals surface area contributed by atoms with E-state index in [4.69, 9.17) is 9.47 Å². The summed E-state index contributed by atoms with van der Waals surface area (Å²) >= 11 is 0. The number of hydrogen-bond donors (Lipinski definition) is 1. The first-order valence-electron chi connectivity index (χ1n) is 6.81. The Morgan fingerprint density at radius 2 is 1.83 bits per heavy atom. The summed E-state index contributed by atoms with van der Waals surface area (Å²) in [5, 5.41) is 10.4. The topological polar surface area (TPSA) is 38.7 Å². The molecule has 2 aliphatic rings. The van der Waals surface area contributed by atoms with Crippen LogP contribution in [0.1, 0.15) is 38.2 Å². The largest absolute Gasteiger partial charge is 0.490 e. The van der Waals surface area contributed by atoms with Gasteiger partial charge < -0.3 is 14.6 Å². The second kappa shape index (κ2) is 4.56. The zero-order valence-electron chi connectivity index (χ0n) is 10.8. The van der Waals surface area contributed by atoms with E-state index >= 15 is 0 Å². The van der Waals surface area contributed by atoms with E-state index in [0.717, 1.165) is 17.9 Å². The molecule has 1 N–H and O–H groups in total. The molecule has 2 saturated carbocycles. The maximum absolute atomic E-state index is 10.4. The van der Waals surface area contributed by atoms with Crippen molar-refractivity contribution < 1.29 is 14.6 Å². The Balaban J connectivity index is 1.62. The molecule has 0 heterocycles. The number of aliphatic hydroxyl groups is 1. The SMILES string of the molecule is CCOC1CC(O)(c2ccc(OC3CC3)cc2)C1. The predicted octanol–water partition coefficient (Wildman–Crippen LogP) is 2.61. The minimum Gasteiger partial charge on any atom is -0.490 e. The van der Waals surface area contributed by atoms with E-state index in [2.05, 4.69) is 0 Å². The molecule has 0 radical (unpaired) electrons. The molecule has 1 aromatic carbocycles. The zero-order valence-corrected chi connectivity index (χ0v) is 10.8. The number of benzene rings is 1. The molecule has 0 bridgehead atoms. The second-order valence-electron chi connectivity index (χ2n) is 5.36. The van der Waals surface area contributed by atoms with Gasteiger partial charge in [-0.3, -0.25) is 0 Å². The average Bonchev–Trinajstić information content (AvgIpc) is 3.12. The van der Waals surface area contributed by atoms with Crippen molar-refractivity contribution in [1.29, 1.82) is 0 Å². The van der Waals surface area contributed by atoms with Gasteiger partial charge in [-0.2, -0.15) is 0 Å².